The first-order chi connectivity index (χ1) is 12.8. The molecule has 144 valence electrons. The summed E-state index contributed by atoms with van der Waals surface area (Å²) in [6, 6.07) is 12.8. The Balaban J connectivity index is 1.59. The predicted octanol–water partition coefficient (Wildman–Crippen LogP) is 4.71. The van der Waals surface area contributed by atoms with Crippen molar-refractivity contribution in [3.63, 3.8) is 0 Å². The van der Waals surface area contributed by atoms with Crippen molar-refractivity contribution in [1.29, 1.82) is 0 Å². The molecule has 1 aliphatic rings. The summed E-state index contributed by atoms with van der Waals surface area (Å²) in [5.41, 5.74) is -0.0546. The van der Waals surface area contributed by atoms with E-state index in [1.54, 1.807) is 0 Å². The van der Waals surface area contributed by atoms with Gasteiger partial charge in [0.2, 0.25) is 0 Å². The summed E-state index contributed by atoms with van der Waals surface area (Å²) in [4.78, 5) is 16.1. The number of halogens is 4. The molecule has 2 aromatic rings. The van der Waals surface area contributed by atoms with Gasteiger partial charge in [0.25, 0.3) is 0 Å². The predicted molar refractivity (Wildman–Crippen MR) is 98.8 cm³/mol. The molecule has 27 heavy (non-hydrogen) atoms. The lowest BCUT2D eigenvalue weighted by Crippen LogP contribution is -2.49. The number of alkyl halides is 3. The second kappa shape index (κ2) is 8.19. The summed E-state index contributed by atoms with van der Waals surface area (Å²) in [6.07, 6.45) is -4.60. The van der Waals surface area contributed by atoms with Crippen LogP contribution in [0.1, 0.15) is 11.1 Å². The molecule has 0 atom stereocenters. The van der Waals surface area contributed by atoms with Gasteiger partial charge in [-0.2, -0.15) is 13.2 Å². The van der Waals surface area contributed by atoms with E-state index < -0.39 is 17.8 Å². The van der Waals surface area contributed by atoms with E-state index in [0.29, 0.717) is 26.2 Å². The van der Waals surface area contributed by atoms with Gasteiger partial charge >= 0.3 is 12.2 Å². The van der Waals surface area contributed by atoms with Gasteiger partial charge in [-0.05, 0) is 23.8 Å². The summed E-state index contributed by atoms with van der Waals surface area (Å²) in [6.45, 7) is 3.01. The molecular weight excluding hydrogens is 379 g/mol. The number of benzene rings is 2. The normalized spacial score (nSPS) is 15.6. The van der Waals surface area contributed by atoms with Crippen molar-refractivity contribution in [2.24, 2.45) is 0 Å². The Morgan fingerprint density at radius 1 is 1.04 bits per heavy atom. The molecule has 3 rings (SSSR count). The zero-order valence-electron chi connectivity index (χ0n) is 14.5. The van der Waals surface area contributed by atoms with Gasteiger partial charge in [0, 0.05) is 37.7 Å². The molecule has 4 nitrogen and oxygen atoms in total. The summed E-state index contributed by atoms with van der Waals surface area (Å²) < 4.78 is 39.4. The largest absolute Gasteiger partial charge is 0.418 e. The number of piperazine rings is 1. The maximum absolute atomic E-state index is 13.1. The van der Waals surface area contributed by atoms with E-state index in [-0.39, 0.29) is 10.7 Å². The molecule has 0 aromatic heterocycles. The number of urea groups is 1. The number of hydrogen-bond donors (Lipinski definition) is 1. The Morgan fingerprint density at radius 2 is 1.70 bits per heavy atom. The third kappa shape index (κ3) is 5.14. The van der Waals surface area contributed by atoms with Crippen molar-refractivity contribution in [2.75, 3.05) is 31.5 Å². The standard InChI is InChI=1S/C19H19ClF3N3O/c20-15-6-7-17(16(12-15)19(21,22)23)24-18(27)26-10-8-25(9-11-26)13-14-4-2-1-3-5-14/h1-7,12H,8-11,13H2,(H,24,27). The molecule has 0 unspecified atom stereocenters. The molecule has 1 heterocycles. The third-order valence-corrected chi connectivity index (χ3v) is 4.67. The van der Waals surface area contributed by atoms with Crippen LogP contribution in [0, 0.1) is 0 Å². The summed E-state index contributed by atoms with van der Waals surface area (Å²) in [7, 11) is 0. The second-order valence-electron chi connectivity index (χ2n) is 6.37. The van der Waals surface area contributed by atoms with Crippen LogP contribution in [0.4, 0.5) is 23.7 Å². The van der Waals surface area contributed by atoms with Crippen LogP contribution in [0.3, 0.4) is 0 Å². The van der Waals surface area contributed by atoms with Gasteiger partial charge in [0.1, 0.15) is 0 Å². The second-order valence-corrected chi connectivity index (χ2v) is 6.80. The van der Waals surface area contributed by atoms with Crippen LogP contribution < -0.4 is 5.32 Å². The van der Waals surface area contributed by atoms with Gasteiger partial charge in [-0.1, -0.05) is 41.9 Å². The van der Waals surface area contributed by atoms with Crippen molar-refractivity contribution in [1.82, 2.24) is 9.80 Å². The molecule has 1 saturated heterocycles. The average molecular weight is 398 g/mol. The molecule has 0 bridgehead atoms. The smallest absolute Gasteiger partial charge is 0.322 e. The fourth-order valence-corrected chi connectivity index (χ4v) is 3.18. The quantitative estimate of drug-likeness (QED) is 0.814. The van der Waals surface area contributed by atoms with Gasteiger partial charge in [0.15, 0.2) is 0 Å². The number of amides is 2. The lowest BCUT2D eigenvalue weighted by molar-refractivity contribution is -0.136. The van der Waals surface area contributed by atoms with Crippen LogP contribution in [0.15, 0.2) is 48.5 Å². The number of hydrogen-bond acceptors (Lipinski definition) is 2. The SMILES string of the molecule is O=C(Nc1ccc(Cl)cc1C(F)(F)F)N1CCN(Cc2ccccc2)CC1. The third-order valence-electron chi connectivity index (χ3n) is 4.44. The zero-order valence-corrected chi connectivity index (χ0v) is 15.2. The van der Waals surface area contributed by atoms with Crippen LogP contribution in [0.2, 0.25) is 5.02 Å². The monoisotopic (exact) mass is 397 g/mol. The summed E-state index contributed by atoms with van der Waals surface area (Å²) in [5, 5.41) is 2.34. The fraction of sp³-hybridized carbons (Fsp3) is 0.316. The van der Waals surface area contributed by atoms with Gasteiger partial charge < -0.3 is 10.2 Å². The Bertz CT molecular complexity index is 791. The average Bonchev–Trinajstić information content (AvgIpc) is 2.64. The Kier molecular flexibility index (Phi) is 5.92. The minimum absolute atomic E-state index is 0.0325. The fourth-order valence-electron chi connectivity index (χ4n) is 3.00. The van der Waals surface area contributed by atoms with E-state index in [0.717, 1.165) is 12.6 Å². The maximum Gasteiger partial charge on any atom is 0.418 e. The Labute approximate surface area is 160 Å². The molecule has 0 saturated carbocycles. The van der Waals surface area contributed by atoms with E-state index in [1.165, 1.54) is 22.6 Å². The lowest BCUT2D eigenvalue weighted by Gasteiger charge is -2.34. The number of nitrogens with zero attached hydrogens (tertiary/aromatic N) is 2. The van der Waals surface area contributed by atoms with Crippen LogP contribution >= 0.6 is 11.6 Å². The summed E-state index contributed by atoms with van der Waals surface area (Å²) in [5.74, 6) is 0. The van der Waals surface area contributed by atoms with Crippen molar-refractivity contribution in [3.05, 3.63) is 64.7 Å². The minimum atomic E-state index is -4.60. The van der Waals surface area contributed by atoms with Crippen LogP contribution in [-0.4, -0.2) is 42.0 Å². The molecule has 1 fully saturated rings. The number of carbonyl (C=O) groups excluding carboxylic acids is 1. The first kappa shape index (κ1) is 19.5. The van der Waals surface area contributed by atoms with Crippen LogP contribution in [0.25, 0.3) is 0 Å². The number of carbonyl (C=O) groups is 1. The Hall–Kier alpha value is -2.25. The van der Waals surface area contributed by atoms with E-state index >= 15 is 0 Å². The van der Waals surface area contributed by atoms with Crippen LogP contribution in [-0.2, 0) is 12.7 Å². The molecule has 2 amide bonds. The van der Waals surface area contributed by atoms with Crippen LogP contribution in [0.5, 0.6) is 0 Å². The molecular formula is C19H19ClF3N3O. The minimum Gasteiger partial charge on any atom is -0.322 e. The van der Waals surface area contributed by atoms with E-state index in [4.69, 9.17) is 11.6 Å². The van der Waals surface area contributed by atoms with E-state index in [1.807, 2.05) is 30.3 Å². The van der Waals surface area contributed by atoms with Gasteiger partial charge in [-0.25, -0.2) is 4.79 Å². The maximum atomic E-state index is 13.1. The lowest BCUT2D eigenvalue weighted by atomic mass is 10.1. The summed E-state index contributed by atoms with van der Waals surface area (Å²) >= 11 is 5.66. The van der Waals surface area contributed by atoms with Crippen molar-refractivity contribution >= 4 is 23.3 Å². The van der Waals surface area contributed by atoms with Crippen molar-refractivity contribution in [3.8, 4) is 0 Å². The first-order valence-corrected chi connectivity index (χ1v) is 8.90. The molecule has 1 N–H and O–H groups in total. The van der Waals surface area contributed by atoms with Gasteiger partial charge in [-0.3, -0.25) is 4.90 Å². The molecule has 0 spiro atoms. The molecule has 1 aliphatic heterocycles. The zero-order chi connectivity index (χ0) is 19.4. The molecule has 0 aliphatic carbocycles. The molecule has 8 heteroatoms. The van der Waals surface area contributed by atoms with Crippen molar-refractivity contribution < 1.29 is 18.0 Å². The molecule has 0 radical (unpaired) electrons. The van der Waals surface area contributed by atoms with Crippen molar-refractivity contribution in [2.45, 2.75) is 12.7 Å². The number of nitrogens with one attached hydrogen (secondary N) is 1. The van der Waals surface area contributed by atoms with Gasteiger partial charge in [0.05, 0.1) is 11.3 Å². The highest BCUT2D eigenvalue weighted by molar-refractivity contribution is 6.30. The highest BCUT2D eigenvalue weighted by atomic mass is 35.5. The Morgan fingerprint density at radius 3 is 2.33 bits per heavy atom. The highest BCUT2D eigenvalue weighted by Crippen LogP contribution is 2.36. The van der Waals surface area contributed by atoms with E-state index in [9.17, 15) is 18.0 Å². The highest BCUT2D eigenvalue weighted by Gasteiger charge is 2.34. The topological polar surface area (TPSA) is 35.6 Å². The number of rotatable bonds is 3. The number of anilines is 1. The molecule has 2 aromatic carbocycles. The van der Waals surface area contributed by atoms with Gasteiger partial charge in [-0.15, -0.1) is 0 Å². The first-order valence-electron chi connectivity index (χ1n) is 8.52. The van der Waals surface area contributed by atoms with E-state index in [2.05, 4.69) is 10.2 Å².